The molecular formula is C10H12N2O4S. The SMILES string of the molecule is CSC1(Cn2cc(C(=O)O)c(=O)[nH]c2=O)CC1. The van der Waals surface area contributed by atoms with Crippen LogP contribution in [0.4, 0.5) is 0 Å². The van der Waals surface area contributed by atoms with E-state index < -0.39 is 22.8 Å². The lowest BCUT2D eigenvalue weighted by Gasteiger charge is -2.13. The minimum Gasteiger partial charge on any atom is -0.477 e. The van der Waals surface area contributed by atoms with Crippen molar-refractivity contribution in [2.45, 2.75) is 24.1 Å². The normalized spacial score (nSPS) is 16.8. The number of rotatable bonds is 4. The number of carbonyl (C=O) groups is 1. The van der Waals surface area contributed by atoms with Gasteiger partial charge in [0.1, 0.15) is 5.56 Å². The van der Waals surface area contributed by atoms with Crippen LogP contribution in [0.3, 0.4) is 0 Å². The fraction of sp³-hybridized carbons (Fsp3) is 0.500. The van der Waals surface area contributed by atoms with Gasteiger partial charge < -0.3 is 5.11 Å². The first-order valence-electron chi connectivity index (χ1n) is 5.10. The maximum Gasteiger partial charge on any atom is 0.342 e. The molecule has 7 heteroatoms. The van der Waals surface area contributed by atoms with Gasteiger partial charge in [-0.2, -0.15) is 11.8 Å². The van der Waals surface area contributed by atoms with Crippen molar-refractivity contribution in [2.75, 3.05) is 6.26 Å². The highest BCUT2D eigenvalue weighted by Gasteiger charge is 2.42. The van der Waals surface area contributed by atoms with Gasteiger partial charge in [0.05, 0.1) is 0 Å². The molecule has 0 amide bonds. The third-order valence-electron chi connectivity index (χ3n) is 2.94. The summed E-state index contributed by atoms with van der Waals surface area (Å²) < 4.78 is 1.30. The van der Waals surface area contributed by atoms with Crippen molar-refractivity contribution in [3.05, 3.63) is 32.6 Å². The van der Waals surface area contributed by atoms with Crippen LogP contribution in [-0.4, -0.2) is 31.6 Å². The predicted octanol–water partition coefficient (Wildman–Crippen LogP) is 0.130. The molecule has 2 N–H and O–H groups in total. The van der Waals surface area contributed by atoms with Crippen molar-refractivity contribution >= 4 is 17.7 Å². The van der Waals surface area contributed by atoms with Crippen LogP contribution in [-0.2, 0) is 6.54 Å². The van der Waals surface area contributed by atoms with Gasteiger partial charge in [0, 0.05) is 17.5 Å². The van der Waals surface area contributed by atoms with Crippen molar-refractivity contribution in [1.29, 1.82) is 0 Å². The second kappa shape index (κ2) is 4.06. The molecule has 0 spiro atoms. The Labute approximate surface area is 101 Å². The van der Waals surface area contributed by atoms with E-state index in [1.807, 2.05) is 11.2 Å². The first kappa shape index (κ1) is 12.0. The molecule has 2 rings (SSSR count). The Morgan fingerprint density at radius 1 is 1.59 bits per heavy atom. The van der Waals surface area contributed by atoms with Crippen molar-refractivity contribution in [1.82, 2.24) is 9.55 Å². The van der Waals surface area contributed by atoms with Crippen molar-refractivity contribution in [3.8, 4) is 0 Å². The number of thioether (sulfide) groups is 1. The Hall–Kier alpha value is -1.50. The summed E-state index contributed by atoms with van der Waals surface area (Å²) in [6.45, 7) is 0.435. The van der Waals surface area contributed by atoms with E-state index in [-0.39, 0.29) is 4.75 Å². The van der Waals surface area contributed by atoms with Crippen LogP contribution in [0.25, 0.3) is 0 Å². The summed E-state index contributed by atoms with van der Waals surface area (Å²) in [5, 5.41) is 8.81. The molecule has 0 bridgehead atoms. The Kier molecular flexibility index (Phi) is 2.86. The zero-order valence-corrected chi connectivity index (χ0v) is 10.0. The van der Waals surface area contributed by atoms with Gasteiger partial charge in [-0.3, -0.25) is 14.3 Å². The van der Waals surface area contributed by atoms with E-state index in [1.54, 1.807) is 11.8 Å². The number of aromatic nitrogens is 2. The topological polar surface area (TPSA) is 92.2 Å². The summed E-state index contributed by atoms with van der Waals surface area (Å²) in [5.74, 6) is -1.33. The average molecular weight is 256 g/mol. The second-order valence-electron chi connectivity index (χ2n) is 4.12. The number of aromatic carboxylic acids is 1. The number of nitrogens with zero attached hydrogens (tertiary/aromatic N) is 1. The lowest BCUT2D eigenvalue weighted by Crippen LogP contribution is -2.35. The Morgan fingerprint density at radius 2 is 2.24 bits per heavy atom. The molecule has 0 unspecified atom stereocenters. The molecular weight excluding hydrogens is 244 g/mol. The standard InChI is InChI=1S/C10H12N2O4S/c1-17-10(2-3-10)5-12-4-6(8(14)15)7(13)11-9(12)16/h4H,2-3,5H2,1H3,(H,14,15)(H,11,13,16). The largest absolute Gasteiger partial charge is 0.477 e. The third-order valence-corrected chi connectivity index (χ3v) is 4.34. The zero-order chi connectivity index (χ0) is 12.6. The van der Waals surface area contributed by atoms with Gasteiger partial charge in [0.15, 0.2) is 0 Å². The molecule has 1 saturated carbocycles. The fourth-order valence-electron chi connectivity index (χ4n) is 1.66. The van der Waals surface area contributed by atoms with Gasteiger partial charge in [-0.15, -0.1) is 0 Å². The Balaban J connectivity index is 2.41. The Morgan fingerprint density at radius 3 is 2.71 bits per heavy atom. The number of hydrogen-bond acceptors (Lipinski definition) is 4. The molecule has 6 nitrogen and oxygen atoms in total. The van der Waals surface area contributed by atoms with E-state index >= 15 is 0 Å². The number of carboxylic acids is 1. The monoisotopic (exact) mass is 256 g/mol. The molecule has 1 fully saturated rings. The first-order chi connectivity index (χ1) is 7.97. The van der Waals surface area contributed by atoms with E-state index in [4.69, 9.17) is 5.11 Å². The van der Waals surface area contributed by atoms with Crippen LogP contribution >= 0.6 is 11.8 Å². The molecule has 1 aromatic rings. The van der Waals surface area contributed by atoms with Crippen molar-refractivity contribution < 1.29 is 9.90 Å². The molecule has 1 aromatic heterocycles. The zero-order valence-electron chi connectivity index (χ0n) is 9.23. The summed E-state index contributed by atoms with van der Waals surface area (Å²) in [4.78, 5) is 35.6. The molecule has 0 radical (unpaired) electrons. The van der Waals surface area contributed by atoms with Gasteiger partial charge in [-0.1, -0.05) is 0 Å². The van der Waals surface area contributed by atoms with Crippen LogP contribution < -0.4 is 11.2 Å². The lowest BCUT2D eigenvalue weighted by molar-refractivity contribution is 0.0693. The quantitative estimate of drug-likeness (QED) is 0.799. The predicted molar refractivity (Wildman–Crippen MR) is 63.8 cm³/mol. The molecule has 17 heavy (non-hydrogen) atoms. The second-order valence-corrected chi connectivity index (χ2v) is 5.40. The van der Waals surface area contributed by atoms with Crippen LogP contribution in [0.2, 0.25) is 0 Å². The molecule has 0 saturated heterocycles. The molecule has 1 aliphatic rings. The molecule has 0 aromatic carbocycles. The van der Waals surface area contributed by atoms with Crippen molar-refractivity contribution in [2.24, 2.45) is 0 Å². The van der Waals surface area contributed by atoms with E-state index in [0.717, 1.165) is 19.0 Å². The summed E-state index contributed by atoms with van der Waals surface area (Å²) in [5.41, 5.74) is -1.81. The van der Waals surface area contributed by atoms with Gasteiger partial charge in [0.2, 0.25) is 0 Å². The highest BCUT2D eigenvalue weighted by atomic mass is 32.2. The van der Waals surface area contributed by atoms with Crippen LogP contribution in [0.15, 0.2) is 15.8 Å². The number of aromatic amines is 1. The van der Waals surface area contributed by atoms with E-state index in [9.17, 15) is 14.4 Å². The highest BCUT2D eigenvalue weighted by Crippen LogP contribution is 2.48. The first-order valence-corrected chi connectivity index (χ1v) is 6.32. The lowest BCUT2D eigenvalue weighted by atomic mass is 10.3. The number of carboxylic acid groups (broad SMARTS) is 1. The highest BCUT2D eigenvalue weighted by molar-refractivity contribution is 8.00. The summed E-state index contributed by atoms with van der Waals surface area (Å²) in [6.07, 6.45) is 5.09. The number of nitrogens with one attached hydrogen (secondary N) is 1. The maximum atomic E-state index is 11.5. The van der Waals surface area contributed by atoms with Crippen molar-refractivity contribution in [3.63, 3.8) is 0 Å². The fourth-order valence-corrected chi connectivity index (χ4v) is 2.43. The Bertz CT molecular complexity index is 570. The third kappa shape index (κ3) is 2.28. The average Bonchev–Trinajstić information content (AvgIpc) is 3.02. The number of H-pyrrole nitrogens is 1. The van der Waals surface area contributed by atoms with Crippen LogP contribution in [0.5, 0.6) is 0 Å². The molecule has 92 valence electrons. The summed E-state index contributed by atoms with van der Waals surface area (Å²) >= 11 is 1.66. The van der Waals surface area contributed by atoms with Crippen LogP contribution in [0.1, 0.15) is 23.2 Å². The minimum atomic E-state index is -1.33. The molecule has 0 atom stereocenters. The molecule has 0 aliphatic heterocycles. The van der Waals surface area contributed by atoms with E-state index in [1.165, 1.54) is 4.57 Å². The minimum absolute atomic E-state index is 0.0256. The molecule has 1 aliphatic carbocycles. The smallest absolute Gasteiger partial charge is 0.342 e. The van der Waals surface area contributed by atoms with Crippen LogP contribution in [0, 0.1) is 0 Å². The summed E-state index contributed by atoms with van der Waals surface area (Å²) in [6, 6.07) is 0. The molecule has 1 heterocycles. The van der Waals surface area contributed by atoms with Gasteiger partial charge in [-0.25, -0.2) is 9.59 Å². The van der Waals surface area contributed by atoms with E-state index in [0.29, 0.717) is 6.54 Å². The van der Waals surface area contributed by atoms with Gasteiger partial charge in [0.25, 0.3) is 5.56 Å². The maximum absolute atomic E-state index is 11.5. The van der Waals surface area contributed by atoms with E-state index in [2.05, 4.69) is 0 Å². The van der Waals surface area contributed by atoms with Gasteiger partial charge in [-0.05, 0) is 19.1 Å². The number of hydrogen-bond donors (Lipinski definition) is 2. The van der Waals surface area contributed by atoms with Gasteiger partial charge >= 0.3 is 11.7 Å². The summed E-state index contributed by atoms with van der Waals surface area (Å²) in [7, 11) is 0.